The van der Waals surface area contributed by atoms with Crippen LogP contribution >= 0.6 is 0 Å². The Labute approximate surface area is 88.9 Å². The highest BCUT2D eigenvalue weighted by Crippen LogP contribution is 2.33. The Balaban J connectivity index is 2.02. The molecule has 1 aromatic rings. The van der Waals surface area contributed by atoms with Gasteiger partial charge in [-0.05, 0) is 31.2 Å². The zero-order chi connectivity index (χ0) is 10.8. The first kappa shape index (κ1) is 10.2. The Kier molecular flexibility index (Phi) is 2.75. The van der Waals surface area contributed by atoms with Gasteiger partial charge >= 0.3 is 5.97 Å². The summed E-state index contributed by atoms with van der Waals surface area (Å²) in [7, 11) is 1.88. The number of carbonyl (C=O) groups is 1. The topological polar surface area (TPSA) is 55.1 Å². The molecule has 1 aliphatic carbocycles. The summed E-state index contributed by atoms with van der Waals surface area (Å²) in [5, 5.41) is 13.3. The van der Waals surface area contributed by atoms with E-state index in [-0.39, 0.29) is 11.8 Å². The Bertz CT molecular complexity index is 359. The first-order valence-electron chi connectivity index (χ1n) is 5.38. The second-order valence-electron chi connectivity index (χ2n) is 4.32. The summed E-state index contributed by atoms with van der Waals surface area (Å²) in [6.45, 7) is 0. The zero-order valence-corrected chi connectivity index (χ0v) is 8.89. The van der Waals surface area contributed by atoms with Crippen LogP contribution in [0.15, 0.2) is 12.3 Å². The van der Waals surface area contributed by atoms with Crippen molar-refractivity contribution in [3.8, 4) is 0 Å². The van der Waals surface area contributed by atoms with Crippen LogP contribution in [0.5, 0.6) is 0 Å². The van der Waals surface area contributed by atoms with Crippen LogP contribution in [0.2, 0.25) is 0 Å². The highest BCUT2D eigenvalue weighted by atomic mass is 16.4. The van der Waals surface area contributed by atoms with Gasteiger partial charge in [0.2, 0.25) is 0 Å². The predicted molar refractivity (Wildman–Crippen MR) is 55.4 cm³/mol. The molecule has 1 N–H and O–H groups in total. The van der Waals surface area contributed by atoms with E-state index >= 15 is 0 Å². The van der Waals surface area contributed by atoms with Crippen molar-refractivity contribution in [3.63, 3.8) is 0 Å². The lowest BCUT2D eigenvalue weighted by Gasteiger charge is -2.13. The van der Waals surface area contributed by atoms with Gasteiger partial charge in [-0.3, -0.25) is 9.48 Å². The highest BCUT2D eigenvalue weighted by Gasteiger charge is 2.33. The molecule has 15 heavy (non-hydrogen) atoms. The molecule has 2 atom stereocenters. The number of nitrogens with zero attached hydrogens (tertiary/aromatic N) is 2. The van der Waals surface area contributed by atoms with Gasteiger partial charge in [0.25, 0.3) is 0 Å². The molecule has 0 amide bonds. The van der Waals surface area contributed by atoms with Crippen molar-refractivity contribution in [1.29, 1.82) is 0 Å². The van der Waals surface area contributed by atoms with Crippen LogP contribution in [-0.4, -0.2) is 20.9 Å². The molecule has 1 aliphatic rings. The van der Waals surface area contributed by atoms with Crippen molar-refractivity contribution in [1.82, 2.24) is 9.78 Å². The van der Waals surface area contributed by atoms with E-state index in [2.05, 4.69) is 5.10 Å². The zero-order valence-electron chi connectivity index (χ0n) is 8.89. The maximum absolute atomic E-state index is 11.0. The summed E-state index contributed by atoms with van der Waals surface area (Å²) in [6.07, 6.45) is 5.59. The summed E-state index contributed by atoms with van der Waals surface area (Å²) in [5.74, 6) is -0.530. The fraction of sp³-hybridized carbons (Fsp3) is 0.636. The van der Waals surface area contributed by atoms with Crippen LogP contribution in [0.3, 0.4) is 0 Å². The van der Waals surface area contributed by atoms with Crippen LogP contribution in [0.4, 0.5) is 0 Å². The minimum Gasteiger partial charge on any atom is -0.481 e. The van der Waals surface area contributed by atoms with Gasteiger partial charge < -0.3 is 5.11 Å². The Morgan fingerprint density at radius 1 is 1.67 bits per heavy atom. The smallest absolute Gasteiger partial charge is 0.306 e. The van der Waals surface area contributed by atoms with Crippen LogP contribution in [-0.2, 0) is 18.3 Å². The standard InChI is InChI=1S/C11H16N2O2/c1-13-6-5-9(12-13)7-8-3-2-4-10(8)11(14)15/h5-6,8,10H,2-4,7H2,1H3,(H,14,15). The monoisotopic (exact) mass is 208 g/mol. The summed E-state index contributed by atoms with van der Waals surface area (Å²) < 4.78 is 1.76. The first-order chi connectivity index (χ1) is 7.16. The third-order valence-corrected chi connectivity index (χ3v) is 3.22. The van der Waals surface area contributed by atoms with E-state index in [0.717, 1.165) is 31.4 Å². The van der Waals surface area contributed by atoms with Crippen molar-refractivity contribution in [2.75, 3.05) is 0 Å². The number of hydrogen-bond donors (Lipinski definition) is 1. The summed E-state index contributed by atoms with van der Waals surface area (Å²) in [4.78, 5) is 11.0. The van der Waals surface area contributed by atoms with Crippen LogP contribution in [0, 0.1) is 11.8 Å². The van der Waals surface area contributed by atoms with Crippen LogP contribution in [0.25, 0.3) is 0 Å². The molecule has 2 rings (SSSR count). The average Bonchev–Trinajstić information content (AvgIpc) is 2.75. The fourth-order valence-electron chi connectivity index (χ4n) is 2.45. The molecule has 0 aromatic carbocycles. The van der Waals surface area contributed by atoms with Crippen molar-refractivity contribution >= 4 is 5.97 Å². The number of carboxylic acids is 1. The second kappa shape index (κ2) is 4.04. The van der Waals surface area contributed by atoms with E-state index in [1.54, 1.807) is 4.68 Å². The molecule has 0 aliphatic heterocycles. The van der Waals surface area contributed by atoms with E-state index in [1.807, 2.05) is 19.3 Å². The number of aromatic nitrogens is 2. The molecule has 4 nitrogen and oxygen atoms in total. The average molecular weight is 208 g/mol. The molecule has 1 heterocycles. The number of hydrogen-bond acceptors (Lipinski definition) is 2. The largest absolute Gasteiger partial charge is 0.481 e. The third-order valence-electron chi connectivity index (χ3n) is 3.22. The summed E-state index contributed by atoms with van der Waals surface area (Å²) in [6, 6.07) is 1.97. The molecule has 2 unspecified atom stereocenters. The first-order valence-corrected chi connectivity index (χ1v) is 5.38. The van der Waals surface area contributed by atoms with Gasteiger partial charge in [0, 0.05) is 13.2 Å². The Morgan fingerprint density at radius 3 is 3.07 bits per heavy atom. The minimum absolute atomic E-state index is 0.160. The molecule has 0 bridgehead atoms. The molecule has 1 aromatic heterocycles. The number of aliphatic carboxylic acids is 1. The summed E-state index contributed by atoms with van der Waals surface area (Å²) in [5.41, 5.74) is 1.01. The Hall–Kier alpha value is -1.32. The highest BCUT2D eigenvalue weighted by molar-refractivity contribution is 5.70. The normalized spacial score (nSPS) is 25.7. The van der Waals surface area contributed by atoms with Crippen molar-refractivity contribution in [3.05, 3.63) is 18.0 Å². The van der Waals surface area contributed by atoms with Crippen molar-refractivity contribution < 1.29 is 9.90 Å². The van der Waals surface area contributed by atoms with Gasteiger partial charge in [-0.2, -0.15) is 5.10 Å². The SMILES string of the molecule is Cn1ccc(CC2CCCC2C(=O)O)n1. The van der Waals surface area contributed by atoms with Gasteiger partial charge in [-0.15, -0.1) is 0 Å². The lowest BCUT2D eigenvalue weighted by Crippen LogP contribution is -2.20. The lowest BCUT2D eigenvalue weighted by molar-refractivity contribution is -0.142. The van der Waals surface area contributed by atoms with E-state index < -0.39 is 5.97 Å². The fourth-order valence-corrected chi connectivity index (χ4v) is 2.45. The number of carboxylic acid groups (broad SMARTS) is 1. The van der Waals surface area contributed by atoms with Gasteiger partial charge in [-0.25, -0.2) is 0 Å². The minimum atomic E-state index is -0.645. The summed E-state index contributed by atoms with van der Waals surface area (Å²) >= 11 is 0. The maximum Gasteiger partial charge on any atom is 0.306 e. The molecule has 0 radical (unpaired) electrons. The third kappa shape index (κ3) is 2.19. The van der Waals surface area contributed by atoms with Crippen LogP contribution < -0.4 is 0 Å². The molecule has 4 heteroatoms. The van der Waals surface area contributed by atoms with E-state index in [4.69, 9.17) is 5.11 Å². The lowest BCUT2D eigenvalue weighted by atomic mass is 9.92. The van der Waals surface area contributed by atoms with E-state index in [0.29, 0.717) is 0 Å². The van der Waals surface area contributed by atoms with E-state index in [9.17, 15) is 4.79 Å². The van der Waals surface area contributed by atoms with Gasteiger partial charge in [0.1, 0.15) is 0 Å². The molecule has 1 fully saturated rings. The molecule has 82 valence electrons. The molecule has 1 saturated carbocycles. The van der Waals surface area contributed by atoms with Crippen molar-refractivity contribution in [2.45, 2.75) is 25.7 Å². The second-order valence-corrected chi connectivity index (χ2v) is 4.32. The number of rotatable bonds is 3. The molecular formula is C11H16N2O2. The number of aryl methyl sites for hydroxylation is 1. The van der Waals surface area contributed by atoms with E-state index in [1.165, 1.54) is 0 Å². The van der Waals surface area contributed by atoms with Gasteiger partial charge in [-0.1, -0.05) is 6.42 Å². The molecule has 0 saturated heterocycles. The quantitative estimate of drug-likeness (QED) is 0.818. The Morgan fingerprint density at radius 2 is 2.47 bits per heavy atom. The van der Waals surface area contributed by atoms with Gasteiger partial charge in [0.15, 0.2) is 0 Å². The predicted octanol–water partition coefficient (Wildman–Crippen LogP) is 1.46. The van der Waals surface area contributed by atoms with Crippen molar-refractivity contribution in [2.24, 2.45) is 18.9 Å². The maximum atomic E-state index is 11.0. The van der Waals surface area contributed by atoms with Crippen LogP contribution in [0.1, 0.15) is 25.0 Å². The van der Waals surface area contributed by atoms with Gasteiger partial charge in [0.05, 0.1) is 11.6 Å². The molecule has 0 spiro atoms. The molecular weight excluding hydrogens is 192 g/mol.